The molecule has 90 valence electrons. The van der Waals surface area contributed by atoms with E-state index in [1.807, 2.05) is 7.05 Å². The van der Waals surface area contributed by atoms with Crippen LogP contribution in [0.2, 0.25) is 0 Å². The van der Waals surface area contributed by atoms with Gasteiger partial charge in [0.2, 0.25) is 0 Å². The molecule has 1 rings (SSSR count). The first-order valence-electron chi connectivity index (χ1n) is 6.06. The molecule has 1 heterocycles. The highest BCUT2D eigenvalue weighted by Crippen LogP contribution is 2.27. The minimum atomic E-state index is 0.278. The molecule has 0 radical (unpaired) electrons. The van der Waals surface area contributed by atoms with Gasteiger partial charge in [0, 0.05) is 25.9 Å². The third-order valence-electron chi connectivity index (χ3n) is 3.64. The van der Waals surface area contributed by atoms with Crippen molar-refractivity contribution in [1.29, 1.82) is 0 Å². The van der Waals surface area contributed by atoms with E-state index in [-0.39, 0.29) is 6.61 Å². The van der Waals surface area contributed by atoms with Crippen LogP contribution in [-0.4, -0.2) is 38.0 Å². The van der Waals surface area contributed by atoms with Crippen molar-refractivity contribution in [2.45, 2.75) is 32.7 Å². The van der Waals surface area contributed by atoms with Crippen LogP contribution in [0.4, 0.5) is 0 Å². The fraction of sp³-hybridized carbons (Fsp3) is 1.00. The Hall–Kier alpha value is -0.120. The maximum absolute atomic E-state index is 9.46. The molecule has 0 aromatic heterocycles. The van der Waals surface area contributed by atoms with Gasteiger partial charge in [-0.2, -0.15) is 0 Å². The van der Waals surface area contributed by atoms with Crippen molar-refractivity contribution >= 4 is 0 Å². The average molecular weight is 215 g/mol. The first-order chi connectivity index (χ1) is 7.20. The minimum absolute atomic E-state index is 0.278. The molecule has 1 fully saturated rings. The van der Waals surface area contributed by atoms with Crippen molar-refractivity contribution in [2.24, 2.45) is 17.8 Å². The van der Waals surface area contributed by atoms with Crippen molar-refractivity contribution in [1.82, 2.24) is 5.32 Å². The van der Waals surface area contributed by atoms with E-state index in [0.29, 0.717) is 23.8 Å². The Bertz CT molecular complexity index is 167. The maximum atomic E-state index is 9.46. The topological polar surface area (TPSA) is 41.5 Å². The smallest absolute Gasteiger partial charge is 0.0476 e. The zero-order valence-electron chi connectivity index (χ0n) is 10.2. The lowest BCUT2D eigenvalue weighted by Gasteiger charge is -2.36. The lowest BCUT2D eigenvalue weighted by atomic mass is 9.79. The van der Waals surface area contributed by atoms with Gasteiger partial charge in [-0.05, 0) is 37.6 Å². The van der Waals surface area contributed by atoms with Gasteiger partial charge < -0.3 is 15.2 Å². The number of hydrogen-bond acceptors (Lipinski definition) is 3. The maximum Gasteiger partial charge on any atom is 0.0476 e. The molecule has 1 saturated heterocycles. The van der Waals surface area contributed by atoms with E-state index in [2.05, 4.69) is 19.2 Å². The molecule has 0 bridgehead atoms. The van der Waals surface area contributed by atoms with Crippen molar-refractivity contribution in [2.75, 3.05) is 26.9 Å². The molecule has 15 heavy (non-hydrogen) atoms. The third-order valence-corrected chi connectivity index (χ3v) is 3.64. The van der Waals surface area contributed by atoms with Gasteiger partial charge in [-0.15, -0.1) is 0 Å². The van der Waals surface area contributed by atoms with Crippen LogP contribution in [0.25, 0.3) is 0 Å². The molecule has 2 unspecified atom stereocenters. The van der Waals surface area contributed by atoms with Crippen LogP contribution in [-0.2, 0) is 4.74 Å². The number of rotatable bonds is 5. The molecule has 1 aliphatic rings. The molecule has 0 spiro atoms. The quantitative estimate of drug-likeness (QED) is 0.725. The van der Waals surface area contributed by atoms with E-state index >= 15 is 0 Å². The molecule has 0 aromatic carbocycles. The van der Waals surface area contributed by atoms with Gasteiger partial charge in [0.1, 0.15) is 0 Å². The Balaban J connectivity index is 2.58. The molecule has 0 saturated carbocycles. The van der Waals surface area contributed by atoms with Crippen molar-refractivity contribution in [3.8, 4) is 0 Å². The number of aliphatic hydroxyl groups excluding tert-OH is 1. The lowest BCUT2D eigenvalue weighted by molar-refractivity contribution is 0.0313. The molecule has 0 amide bonds. The summed E-state index contributed by atoms with van der Waals surface area (Å²) in [6, 6.07) is 0.430. The number of ether oxygens (including phenoxy) is 1. The third kappa shape index (κ3) is 3.44. The summed E-state index contributed by atoms with van der Waals surface area (Å²) in [6.07, 6.45) is 2.24. The predicted molar refractivity (Wildman–Crippen MR) is 61.8 cm³/mol. The zero-order valence-corrected chi connectivity index (χ0v) is 10.2. The van der Waals surface area contributed by atoms with Crippen molar-refractivity contribution < 1.29 is 9.84 Å². The Morgan fingerprint density at radius 3 is 2.33 bits per heavy atom. The second kappa shape index (κ2) is 6.46. The lowest BCUT2D eigenvalue weighted by Crippen LogP contribution is -2.45. The van der Waals surface area contributed by atoms with E-state index in [9.17, 15) is 5.11 Å². The first-order valence-corrected chi connectivity index (χ1v) is 6.06. The van der Waals surface area contributed by atoms with Gasteiger partial charge in [-0.3, -0.25) is 0 Å². The van der Waals surface area contributed by atoms with E-state index in [4.69, 9.17) is 4.74 Å². The fourth-order valence-electron chi connectivity index (χ4n) is 2.61. The van der Waals surface area contributed by atoms with Gasteiger partial charge in [0.25, 0.3) is 0 Å². The SMILES string of the molecule is CNC(C1CCOCC1)C(CO)C(C)C. The summed E-state index contributed by atoms with van der Waals surface area (Å²) in [5.41, 5.74) is 0. The molecular weight excluding hydrogens is 190 g/mol. The summed E-state index contributed by atoms with van der Waals surface area (Å²) in [6.45, 7) is 6.40. The highest BCUT2D eigenvalue weighted by Gasteiger charge is 2.30. The van der Waals surface area contributed by atoms with E-state index < -0.39 is 0 Å². The van der Waals surface area contributed by atoms with E-state index in [1.54, 1.807) is 0 Å². The van der Waals surface area contributed by atoms with Crippen molar-refractivity contribution in [3.63, 3.8) is 0 Å². The summed E-state index contributed by atoms with van der Waals surface area (Å²) >= 11 is 0. The summed E-state index contributed by atoms with van der Waals surface area (Å²) in [7, 11) is 2.01. The molecule has 3 heteroatoms. The van der Waals surface area contributed by atoms with Gasteiger partial charge in [-0.1, -0.05) is 13.8 Å². The second-order valence-corrected chi connectivity index (χ2v) is 4.85. The highest BCUT2D eigenvalue weighted by molar-refractivity contribution is 4.84. The molecule has 0 aliphatic carbocycles. The second-order valence-electron chi connectivity index (χ2n) is 4.85. The molecule has 3 nitrogen and oxygen atoms in total. The van der Waals surface area contributed by atoms with Crippen LogP contribution in [0, 0.1) is 17.8 Å². The van der Waals surface area contributed by atoms with Crippen LogP contribution in [0.15, 0.2) is 0 Å². The zero-order chi connectivity index (χ0) is 11.3. The predicted octanol–water partition coefficient (Wildman–Crippen LogP) is 1.27. The normalized spacial score (nSPS) is 23.0. The van der Waals surface area contributed by atoms with E-state index in [0.717, 1.165) is 26.1 Å². The van der Waals surface area contributed by atoms with Crippen LogP contribution in [0.1, 0.15) is 26.7 Å². The largest absolute Gasteiger partial charge is 0.396 e. The Morgan fingerprint density at radius 1 is 1.33 bits per heavy atom. The van der Waals surface area contributed by atoms with E-state index in [1.165, 1.54) is 0 Å². The molecule has 1 aliphatic heterocycles. The number of hydrogen-bond donors (Lipinski definition) is 2. The molecular formula is C12H25NO2. The molecule has 2 atom stereocenters. The average Bonchev–Trinajstić information content (AvgIpc) is 2.26. The Labute approximate surface area is 93.2 Å². The highest BCUT2D eigenvalue weighted by atomic mass is 16.5. The van der Waals surface area contributed by atoms with Crippen LogP contribution >= 0.6 is 0 Å². The monoisotopic (exact) mass is 215 g/mol. The van der Waals surface area contributed by atoms with Crippen molar-refractivity contribution in [3.05, 3.63) is 0 Å². The summed E-state index contributed by atoms with van der Waals surface area (Å²) in [4.78, 5) is 0. The molecule has 2 N–H and O–H groups in total. The number of aliphatic hydroxyl groups is 1. The number of nitrogens with one attached hydrogen (secondary N) is 1. The molecule has 0 aromatic rings. The van der Waals surface area contributed by atoms with Crippen LogP contribution < -0.4 is 5.32 Å². The summed E-state index contributed by atoms with van der Waals surface area (Å²) in [5, 5.41) is 12.8. The minimum Gasteiger partial charge on any atom is -0.396 e. The van der Waals surface area contributed by atoms with Gasteiger partial charge >= 0.3 is 0 Å². The van der Waals surface area contributed by atoms with Gasteiger partial charge in [0.05, 0.1) is 0 Å². The van der Waals surface area contributed by atoms with Crippen LogP contribution in [0.3, 0.4) is 0 Å². The van der Waals surface area contributed by atoms with Gasteiger partial charge in [-0.25, -0.2) is 0 Å². The van der Waals surface area contributed by atoms with Crippen LogP contribution in [0.5, 0.6) is 0 Å². The van der Waals surface area contributed by atoms with Gasteiger partial charge in [0.15, 0.2) is 0 Å². The standard InChI is InChI=1S/C12H25NO2/c1-9(2)11(8-14)12(13-3)10-4-6-15-7-5-10/h9-14H,4-8H2,1-3H3. The summed E-state index contributed by atoms with van der Waals surface area (Å²) in [5.74, 6) is 1.54. The summed E-state index contributed by atoms with van der Waals surface area (Å²) < 4.78 is 5.38. The Morgan fingerprint density at radius 2 is 1.93 bits per heavy atom. The Kier molecular flexibility index (Phi) is 5.58. The first kappa shape index (κ1) is 12.9. The fourth-order valence-corrected chi connectivity index (χ4v) is 2.61.